The summed E-state index contributed by atoms with van der Waals surface area (Å²) in [5, 5.41) is 4.03. The first-order chi connectivity index (χ1) is 14.1. The maximum atomic E-state index is 12.4. The lowest BCUT2D eigenvalue weighted by molar-refractivity contribution is -0.123. The van der Waals surface area contributed by atoms with Crippen molar-refractivity contribution in [3.05, 3.63) is 40.2 Å². The van der Waals surface area contributed by atoms with Crippen LogP contribution in [0, 0.1) is 6.92 Å². The molecule has 2 aromatic rings. The molecule has 1 N–H and O–H groups in total. The highest BCUT2D eigenvalue weighted by Crippen LogP contribution is 2.22. The molecule has 1 aromatic heterocycles. The number of ether oxygens (including phenoxy) is 1. The van der Waals surface area contributed by atoms with E-state index in [0.29, 0.717) is 11.3 Å². The first-order valence-corrected chi connectivity index (χ1v) is 11.1. The fourth-order valence-corrected chi connectivity index (χ4v) is 4.12. The molecule has 0 saturated heterocycles. The molecule has 0 atom stereocenters. The van der Waals surface area contributed by atoms with Crippen molar-refractivity contribution in [3.8, 4) is 5.75 Å². The maximum absolute atomic E-state index is 12.4. The van der Waals surface area contributed by atoms with Crippen molar-refractivity contribution < 1.29 is 13.9 Å². The Morgan fingerprint density at radius 3 is 2.28 bits per heavy atom. The SMILES string of the molecule is Cc1cc(=O)oc2cc(OCC(=O)NC3CCCCCCCCCCC3)ccc12. The molecule has 29 heavy (non-hydrogen) atoms. The molecule has 1 aliphatic rings. The molecule has 0 unspecified atom stereocenters. The Morgan fingerprint density at radius 2 is 1.62 bits per heavy atom. The van der Waals surface area contributed by atoms with E-state index in [1.807, 2.05) is 13.0 Å². The van der Waals surface area contributed by atoms with Crippen LogP contribution in [-0.2, 0) is 4.79 Å². The third-order valence-electron chi connectivity index (χ3n) is 5.76. The van der Waals surface area contributed by atoms with E-state index in [-0.39, 0.29) is 24.2 Å². The molecule has 1 saturated carbocycles. The van der Waals surface area contributed by atoms with Crippen molar-refractivity contribution in [1.29, 1.82) is 0 Å². The molecule has 0 bridgehead atoms. The largest absolute Gasteiger partial charge is 0.484 e. The van der Waals surface area contributed by atoms with E-state index in [1.165, 1.54) is 63.9 Å². The second kappa shape index (κ2) is 11.0. The van der Waals surface area contributed by atoms with Gasteiger partial charge in [0.25, 0.3) is 5.91 Å². The molecule has 158 valence electrons. The van der Waals surface area contributed by atoms with Crippen LogP contribution in [0.15, 0.2) is 33.5 Å². The summed E-state index contributed by atoms with van der Waals surface area (Å²) in [6, 6.07) is 7.04. The third-order valence-corrected chi connectivity index (χ3v) is 5.76. The zero-order valence-corrected chi connectivity index (χ0v) is 17.5. The quantitative estimate of drug-likeness (QED) is 0.711. The average Bonchev–Trinajstić information content (AvgIpc) is 2.68. The van der Waals surface area contributed by atoms with Crippen LogP contribution in [-0.4, -0.2) is 18.6 Å². The van der Waals surface area contributed by atoms with Gasteiger partial charge in [0.2, 0.25) is 0 Å². The minimum absolute atomic E-state index is 0.0297. The van der Waals surface area contributed by atoms with Gasteiger partial charge in [-0.2, -0.15) is 0 Å². The van der Waals surface area contributed by atoms with Gasteiger partial charge >= 0.3 is 5.63 Å². The Hall–Kier alpha value is -2.30. The predicted octanol–water partition coefficient (Wildman–Crippen LogP) is 5.27. The predicted molar refractivity (Wildman–Crippen MR) is 115 cm³/mol. The van der Waals surface area contributed by atoms with Gasteiger partial charge in [-0.3, -0.25) is 4.79 Å². The minimum atomic E-state index is -0.382. The van der Waals surface area contributed by atoms with E-state index in [1.54, 1.807) is 12.1 Å². The number of carbonyl (C=O) groups is 1. The highest BCUT2D eigenvalue weighted by atomic mass is 16.5. The molecule has 0 radical (unpaired) electrons. The van der Waals surface area contributed by atoms with Crippen LogP contribution < -0.4 is 15.7 Å². The van der Waals surface area contributed by atoms with Gasteiger partial charge in [0.1, 0.15) is 11.3 Å². The van der Waals surface area contributed by atoms with Gasteiger partial charge in [0.15, 0.2) is 6.61 Å². The van der Waals surface area contributed by atoms with Crippen molar-refractivity contribution in [2.75, 3.05) is 6.61 Å². The molecule has 0 aliphatic heterocycles. The number of fused-ring (bicyclic) bond motifs is 1. The molecule has 3 rings (SSSR count). The van der Waals surface area contributed by atoms with Gasteiger partial charge in [-0.25, -0.2) is 4.79 Å². The summed E-state index contributed by atoms with van der Waals surface area (Å²) in [5.74, 6) is 0.438. The summed E-state index contributed by atoms with van der Waals surface area (Å²) < 4.78 is 10.9. The Labute approximate surface area is 172 Å². The average molecular weight is 400 g/mol. The molecular formula is C24H33NO4. The molecule has 1 aromatic carbocycles. The van der Waals surface area contributed by atoms with E-state index in [2.05, 4.69) is 5.32 Å². The number of hydrogen-bond acceptors (Lipinski definition) is 4. The lowest BCUT2D eigenvalue weighted by Crippen LogP contribution is -2.38. The van der Waals surface area contributed by atoms with Crippen molar-refractivity contribution in [1.82, 2.24) is 5.32 Å². The normalized spacial score (nSPS) is 17.3. The molecule has 1 aliphatic carbocycles. The van der Waals surface area contributed by atoms with Crippen molar-refractivity contribution in [2.24, 2.45) is 0 Å². The first kappa shape index (κ1) is 21.4. The number of amides is 1. The lowest BCUT2D eigenvalue weighted by atomic mass is 9.98. The number of carbonyl (C=O) groups excluding carboxylic acids is 1. The second-order valence-corrected chi connectivity index (χ2v) is 8.22. The van der Waals surface area contributed by atoms with Gasteiger partial charge < -0.3 is 14.5 Å². The summed E-state index contributed by atoms with van der Waals surface area (Å²) in [5.41, 5.74) is 0.961. The standard InChI is InChI=1S/C24H33NO4/c1-18-15-24(27)29-22-16-20(13-14-21(18)22)28-17-23(26)25-19-11-9-7-5-3-2-4-6-8-10-12-19/h13-16,19H,2-12,17H2,1H3,(H,25,26). The highest BCUT2D eigenvalue weighted by molar-refractivity contribution is 5.81. The van der Waals surface area contributed by atoms with E-state index < -0.39 is 0 Å². The molecule has 5 nitrogen and oxygen atoms in total. The summed E-state index contributed by atoms with van der Waals surface area (Å²) >= 11 is 0. The molecule has 1 fully saturated rings. The van der Waals surface area contributed by atoms with Crippen molar-refractivity contribution in [2.45, 2.75) is 83.6 Å². The van der Waals surface area contributed by atoms with E-state index in [4.69, 9.17) is 9.15 Å². The number of aryl methyl sites for hydroxylation is 1. The van der Waals surface area contributed by atoms with Crippen LogP contribution in [0.1, 0.15) is 76.2 Å². The Bertz CT molecular complexity index is 846. The zero-order chi connectivity index (χ0) is 20.5. The van der Waals surface area contributed by atoms with E-state index in [0.717, 1.165) is 23.8 Å². The third kappa shape index (κ3) is 6.91. The van der Waals surface area contributed by atoms with Crippen LogP contribution in [0.3, 0.4) is 0 Å². The number of nitrogens with one attached hydrogen (secondary N) is 1. The fourth-order valence-electron chi connectivity index (χ4n) is 4.12. The molecule has 5 heteroatoms. The van der Waals surface area contributed by atoms with E-state index >= 15 is 0 Å². The van der Waals surface area contributed by atoms with Crippen molar-refractivity contribution >= 4 is 16.9 Å². The van der Waals surface area contributed by atoms with Crippen LogP contribution in [0.5, 0.6) is 5.75 Å². The number of hydrogen-bond donors (Lipinski definition) is 1. The fraction of sp³-hybridized carbons (Fsp3) is 0.583. The summed E-state index contributed by atoms with van der Waals surface area (Å²) in [6.45, 7) is 1.84. The molecular weight excluding hydrogens is 366 g/mol. The topological polar surface area (TPSA) is 68.5 Å². The van der Waals surface area contributed by atoms with Crippen LogP contribution >= 0.6 is 0 Å². The number of benzene rings is 1. The van der Waals surface area contributed by atoms with Gasteiger partial charge in [0.05, 0.1) is 0 Å². The molecule has 1 heterocycles. The minimum Gasteiger partial charge on any atom is -0.484 e. The molecule has 0 spiro atoms. The second-order valence-electron chi connectivity index (χ2n) is 8.22. The smallest absolute Gasteiger partial charge is 0.336 e. The molecule has 1 amide bonds. The Balaban J connectivity index is 1.52. The lowest BCUT2D eigenvalue weighted by Gasteiger charge is -2.19. The zero-order valence-electron chi connectivity index (χ0n) is 17.5. The maximum Gasteiger partial charge on any atom is 0.336 e. The van der Waals surface area contributed by atoms with Crippen LogP contribution in [0.4, 0.5) is 0 Å². The van der Waals surface area contributed by atoms with Crippen LogP contribution in [0.25, 0.3) is 11.0 Å². The van der Waals surface area contributed by atoms with Gasteiger partial charge in [-0.05, 0) is 37.5 Å². The summed E-state index contributed by atoms with van der Waals surface area (Å²) in [6.07, 6.45) is 13.6. The summed E-state index contributed by atoms with van der Waals surface area (Å²) in [4.78, 5) is 24.0. The Morgan fingerprint density at radius 1 is 1.00 bits per heavy atom. The van der Waals surface area contributed by atoms with Crippen LogP contribution in [0.2, 0.25) is 0 Å². The van der Waals surface area contributed by atoms with E-state index in [9.17, 15) is 9.59 Å². The van der Waals surface area contributed by atoms with Gasteiger partial charge in [-0.15, -0.1) is 0 Å². The van der Waals surface area contributed by atoms with Gasteiger partial charge in [0, 0.05) is 23.6 Å². The monoisotopic (exact) mass is 399 g/mol. The number of rotatable bonds is 4. The Kier molecular flexibility index (Phi) is 8.14. The van der Waals surface area contributed by atoms with Crippen molar-refractivity contribution in [3.63, 3.8) is 0 Å². The van der Waals surface area contributed by atoms with Gasteiger partial charge in [-0.1, -0.05) is 57.8 Å². The highest BCUT2D eigenvalue weighted by Gasteiger charge is 2.13. The first-order valence-electron chi connectivity index (χ1n) is 11.1. The summed E-state index contributed by atoms with van der Waals surface area (Å²) in [7, 11) is 0.